The first-order valence-corrected chi connectivity index (χ1v) is 9.80. The lowest BCUT2D eigenvalue weighted by molar-refractivity contribution is 0.628. The van der Waals surface area contributed by atoms with Gasteiger partial charge in [-0.05, 0) is 53.6 Å². The van der Waals surface area contributed by atoms with E-state index in [1.54, 1.807) is 18.5 Å². The van der Waals surface area contributed by atoms with Crippen LogP contribution in [0.2, 0.25) is 0 Å². The average molecular weight is 411 g/mol. The van der Waals surface area contributed by atoms with Crippen LogP contribution in [0.25, 0.3) is 16.8 Å². The quantitative estimate of drug-likeness (QED) is 0.340. The van der Waals surface area contributed by atoms with Gasteiger partial charge >= 0.3 is 0 Å². The summed E-state index contributed by atoms with van der Waals surface area (Å²) >= 11 is 0. The molecule has 4 rings (SSSR count). The minimum atomic E-state index is -0.289. The third-order valence-corrected chi connectivity index (χ3v) is 4.72. The van der Waals surface area contributed by atoms with Crippen molar-refractivity contribution in [3.63, 3.8) is 0 Å². The molecule has 6 heteroatoms. The number of nitrogens with one attached hydrogen (secondary N) is 3. The standard InChI is InChI=1S/C25H22FN5/c1-17(30-24-11-5-9-22(14-24)27-2)18-6-4-10-23(13-18)31-25-28-15-20(16-29-25)19-7-3-8-21(26)12-19/h3-16,27,30H,1H2,2H3,(H,28,29,31). The third kappa shape index (κ3) is 5.05. The van der Waals surface area contributed by atoms with E-state index in [9.17, 15) is 4.39 Å². The summed E-state index contributed by atoms with van der Waals surface area (Å²) in [5.74, 6) is 0.167. The second-order valence-electron chi connectivity index (χ2n) is 6.95. The van der Waals surface area contributed by atoms with Gasteiger partial charge in [0.2, 0.25) is 5.95 Å². The van der Waals surface area contributed by atoms with Crippen LogP contribution in [0.1, 0.15) is 5.56 Å². The molecule has 4 aromatic rings. The molecule has 3 aromatic carbocycles. The predicted octanol–water partition coefficient (Wildman–Crippen LogP) is 6.15. The van der Waals surface area contributed by atoms with E-state index in [0.29, 0.717) is 5.95 Å². The number of hydrogen-bond donors (Lipinski definition) is 3. The fourth-order valence-electron chi connectivity index (χ4n) is 3.12. The van der Waals surface area contributed by atoms with Gasteiger partial charge in [-0.15, -0.1) is 0 Å². The summed E-state index contributed by atoms with van der Waals surface area (Å²) in [6.45, 7) is 4.15. The topological polar surface area (TPSA) is 61.9 Å². The fraction of sp³-hybridized carbons (Fsp3) is 0.0400. The number of rotatable bonds is 7. The first-order chi connectivity index (χ1) is 15.1. The van der Waals surface area contributed by atoms with Crippen molar-refractivity contribution in [3.05, 3.63) is 103 Å². The van der Waals surface area contributed by atoms with Crippen molar-refractivity contribution in [1.82, 2.24) is 9.97 Å². The van der Waals surface area contributed by atoms with E-state index in [1.807, 2.05) is 61.6 Å². The van der Waals surface area contributed by atoms with Crippen molar-refractivity contribution in [2.24, 2.45) is 0 Å². The number of anilines is 4. The number of nitrogens with zero attached hydrogens (tertiary/aromatic N) is 2. The minimum absolute atomic E-state index is 0.289. The zero-order valence-electron chi connectivity index (χ0n) is 17.1. The molecule has 0 aliphatic carbocycles. The van der Waals surface area contributed by atoms with Crippen molar-refractivity contribution < 1.29 is 4.39 Å². The van der Waals surface area contributed by atoms with Crippen molar-refractivity contribution in [2.45, 2.75) is 0 Å². The second kappa shape index (κ2) is 9.09. The molecule has 0 spiro atoms. The number of hydrogen-bond acceptors (Lipinski definition) is 5. The highest BCUT2D eigenvalue weighted by Crippen LogP contribution is 2.24. The maximum Gasteiger partial charge on any atom is 0.227 e. The lowest BCUT2D eigenvalue weighted by Gasteiger charge is -2.13. The highest BCUT2D eigenvalue weighted by Gasteiger charge is 2.05. The van der Waals surface area contributed by atoms with Crippen molar-refractivity contribution in [2.75, 3.05) is 23.0 Å². The highest BCUT2D eigenvalue weighted by molar-refractivity contribution is 5.78. The zero-order valence-corrected chi connectivity index (χ0v) is 17.1. The molecule has 0 fully saturated rings. The molecule has 0 saturated heterocycles. The van der Waals surface area contributed by atoms with Crippen LogP contribution in [0.15, 0.2) is 91.8 Å². The van der Waals surface area contributed by atoms with Gasteiger partial charge in [0.15, 0.2) is 0 Å². The van der Waals surface area contributed by atoms with E-state index >= 15 is 0 Å². The van der Waals surface area contributed by atoms with Crippen molar-refractivity contribution >= 4 is 28.7 Å². The van der Waals surface area contributed by atoms with Crippen molar-refractivity contribution in [1.29, 1.82) is 0 Å². The Labute approximate surface area is 180 Å². The Hall–Kier alpha value is -4.19. The Balaban J connectivity index is 1.46. The van der Waals surface area contributed by atoms with Crippen molar-refractivity contribution in [3.8, 4) is 11.1 Å². The lowest BCUT2D eigenvalue weighted by Crippen LogP contribution is -2.00. The third-order valence-electron chi connectivity index (χ3n) is 4.72. The van der Waals surface area contributed by atoms with Gasteiger partial charge in [-0.3, -0.25) is 0 Å². The molecule has 0 amide bonds. The Morgan fingerprint density at radius 1 is 0.806 bits per heavy atom. The van der Waals surface area contributed by atoms with Gasteiger partial charge in [-0.1, -0.05) is 36.9 Å². The summed E-state index contributed by atoms with van der Waals surface area (Å²) in [4.78, 5) is 8.70. The summed E-state index contributed by atoms with van der Waals surface area (Å²) in [5.41, 5.74) is 6.01. The van der Waals surface area contributed by atoms with Crippen LogP contribution in [0.4, 0.5) is 27.4 Å². The largest absolute Gasteiger partial charge is 0.388 e. The molecule has 0 radical (unpaired) electrons. The Bertz CT molecular complexity index is 1200. The van der Waals surface area contributed by atoms with E-state index in [1.165, 1.54) is 12.1 Å². The van der Waals surface area contributed by atoms with Crippen LogP contribution < -0.4 is 16.0 Å². The fourth-order valence-corrected chi connectivity index (χ4v) is 3.12. The van der Waals surface area contributed by atoms with Crippen LogP contribution in [0.5, 0.6) is 0 Å². The van der Waals surface area contributed by atoms with Gasteiger partial charge in [-0.2, -0.15) is 0 Å². The Morgan fingerprint density at radius 2 is 1.52 bits per heavy atom. The molecule has 0 aliphatic heterocycles. The number of benzene rings is 3. The molecule has 0 unspecified atom stereocenters. The lowest BCUT2D eigenvalue weighted by atomic mass is 10.1. The van der Waals surface area contributed by atoms with Gasteiger partial charge in [0, 0.05) is 47.8 Å². The first kappa shape index (κ1) is 20.1. The second-order valence-corrected chi connectivity index (χ2v) is 6.95. The van der Waals surface area contributed by atoms with E-state index < -0.39 is 0 Å². The highest BCUT2D eigenvalue weighted by atomic mass is 19.1. The molecule has 1 aromatic heterocycles. The number of aromatic nitrogens is 2. The molecule has 5 nitrogen and oxygen atoms in total. The van der Waals surface area contributed by atoms with Gasteiger partial charge in [0.05, 0.1) is 0 Å². The monoisotopic (exact) mass is 411 g/mol. The van der Waals surface area contributed by atoms with E-state index in [4.69, 9.17) is 0 Å². The molecule has 1 heterocycles. The molecule has 31 heavy (non-hydrogen) atoms. The summed E-state index contributed by atoms with van der Waals surface area (Å²) in [6, 6.07) is 22.2. The van der Waals surface area contributed by atoms with Gasteiger partial charge < -0.3 is 16.0 Å². The minimum Gasteiger partial charge on any atom is -0.388 e. The summed E-state index contributed by atoms with van der Waals surface area (Å²) in [5, 5.41) is 9.65. The molecule has 3 N–H and O–H groups in total. The summed E-state index contributed by atoms with van der Waals surface area (Å²) < 4.78 is 13.4. The maximum absolute atomic E-state index is 13.4. The molecule has 0 atom stereocenters. The Morgan fingerprint density at radius 3 is 2.29 bits per heavy atom. The maximum atomic E-state index is 13.4. The molecule has 0 bridgehead atoms. The number of halogens is 1. The van der Waals surface area contributed by atoms with E-state index in [-0.39, 0.29) is 5.82 Å². The van der Waals surface area contributed by atoms with Gasteiger partial charge in [-0.25, -0.2) is 14.4 Å². The molecular formula is C25H22FN5. The normalized spacial score (nSPS) is 10.4. The van der Waals surface area contributed by atoms with E-state index in [0.717, 1.165) is 39.4 Å². The van der Waals surface area contributed by atoms with Crippen LogP contribution >= 0.6 is 0 Å². The van der Waals surface area contributed by atoms with E-state index in [2.05, 4.69) is 32.5 Å². The smallest absolute Gasteiger partial charge is 0.227 e. The average Bonchev–Trinajstić information content (AvgIpc) is 2.80. The van der Waals surface area contributed by atoms with Gasteiger partial charge in [0.25, 0.3) is 0 Å². The summed E-state index contributed by atoms with van der Waals surface area (Å²) in [6.07, 6.45) is 3.34. The van der Waals surface area contributed by atoms with Crippen LogP contribution in [-0.2, 0) is 0 Å². The molecule has 0 aliphatic rings. The SMILES string of the molecule is C=C(Nc1cccc(NC)c1)c1cccc(Nc2ncc(-c3cccc(F)c3)cn2)c1. The summed E-state index contributed by atoms with van der Waals surface area (Å²) in [7, 11) is 1.88. The van der Waals surface area contributed by atoms with Gasteiger partial charge in [0.1, 0.15) is 5.82 Å². The van der Waals surface area contributed by atoms with Crippen LogP contribution in [-0.4, -0.2) is 17.0 Å². The van der Waals surface area contributed by atoms with Crippen LogP contribution in [0, 0.1) is 5.82 Å². The predicted molar refractivity (Wildman–Crippen MR) is 126 cm³/mol. The molecule has 0 saturated carbocycles. The van der Waals surface area contributed by atoms with Crippen LogP contribution in [0.3, 0.4) is 0 Å². The zero-order chi connectivity index (χ0) is 21.6. The molecular weight excluding hydrogens is 389 g/mol. The molecule has 154 valence electrons. The Kier molecular flexibility index (Phi) is 5.89. The first-order valence-electron chi connectivity index (χ1n) is 9.80.